The standard InChI is InChI=1S/C10H10NO.Li/c1-2-5-9(6-3-1)10-11-7-4-8-12-10;/h1-3,5H,4,7-8H2;/q-1;+1. The molecule has 13 heavy (non-hydrogen) atoms. The first-order valence-electron chi connectivity index (χ1n) is 4.11. The van der Waals surface area contributed by atoms with Crippen LogP contribution in [0.1, 0.15) is 12.0 Å². The summed E-state index contributed by atoms with van der Waals surface area (Å²) in [5.74, 6) is 0.738. The van der Waals surface area contributed by atoms with E-state index in [1.807, 2.05) is 24.3 Å². The summed E-state index contributed by atoms with van der Waals surface area (Å²) in [4.78, 5) is 4.26. The molecular formula is C10H10LiNO. The maximum Gasteiger partial charge on any atom is 1.00 e. The summed E-state index contributed by atoms with van der Waals surface area (Å²) in [6.07, 6.45) is 1.02. The van der Waals surface area contributed by atoms with Crippen LogP contribution in [0.4, 0.5) is 0 Å². The fourth-order valence-electron chi connectivity index (χ4n) is 1.15. The molecule has 1 heterocycles. The number of hydrogen-bond acceptors (Lipinski definition) is 2. The number of nitrogens with zero attached hydrogens (tertiary/aromatic N) is 1. The molecule has 0 spiro atoms. The van der Waals surface area contributed by atoms with Gasteiger partial charge in [-0.15, -0.1) is 30.3 Å². The van der Waals surface area contributed by atoms with Gasteiger partial charge in [-0.3, -0.25) is 4.99 Å². The van der Waals surface area contributed by atoms with Crippen molar-refractivity contribution in [3.63, 3.8) is 0 Å². The van der Waals surface area contributed by atoms with Crippen molar-refractivity contribution in [3.8, 4) is 0 Å². The van der Waals surface area contributed by atoms with Crippen molar-refractivity contribution < 1.29 is 23.6 Å². The normalized spacial score (nSPS) is 15.2. The molecular weight excluding hydrogens is 157 g/mol. The molecule has 1 aliphatic rings. The summed E-state index contributed by atoms with van der Waals surface area (Å²) in [5.41, 5.74) is 0.956. The molecule has 0 unspecified atom stereocenters. The average Bonchev–Trinajstić information content (AvgIpc) is 2.21. The van der Waals surface area contributed by atoms with Crippen molar-refractivity contribution in [3.05, 3.63) is 35.9 Å². The van der Waals surface area contributed by atoms with Gasteiger partial charge < -0.3 is 4.74 Å². The van der Waals surface area contributed by atoms with E-state index in [0.29, 0.717) is 0 Å². The Morgan fingerprint density at radius 3 is 2.92 bits per heavy atom. The second kappa shape index (κ2) is 5.11. The Balaban J connectivity index is 0.000000845. The fourth-order valence-corrected chi connectivity index (χ4v) is 1.15. The van der Waals surface area contributed by atoms with Crippen LogP contribution in [0.15, 0.2) is 29.3 Å². The Kier molecular flexibility index (Phi) is 4.08. The van der Waals surface area contributed by atoms with Crippen LogP contribution in [-0.4, -0.2) is 19.0 Å². The van der Waals surface area contributed by atoms with Crippen LogP contribution in [-0.2, 0) is 4.74 Å². The molecule has 0 aliphatic carbocycles. The van der Waals surface area contributed by atoms with Crippen LogP contribution in [0, 0.1) is 6.07 Å². The van der Waals surface area contributed by atoms with E-state index in [9.17, 15) is 0 Å². The summed E-state index contributed by atoms with van der Waals surface area (Å²) in [6, 6.07) is 10.8. The molecule has 2 rings (SSSR count). The summed E-state index contributed by atoms with van der Waals surface area (Å²) in [7, 11) is 0. The van der Waals surface area contributed by atoms with Gasteiger partial charge in [-0.05, 0) is 6.42 Å². The number of ether oxygens (including phenoxy) is 1. The van der Waals surface area contributed by atoms with Gasteiger partial charge >= 0.3 is 18.9 Å². The monoisotopic (exact) mass is 167 g/mol. The molecule has 0 aromatic heterocycles. The molecule has 2 nitrogen and oxygen atoms in total. The topological polar surface area (TPSA) is 21.6 Å². The molecule has 0 amide bonds. The Morgan fingerprint density at radius 2 is 2.31 bits per heavy atom. The molecule has 0 saturated heterocycles. The zero-order valence-electron chi connectivity index (χ0n) is 7.79. The first-order chi connectivity index (χ1) is 5.97. The van der Waals surface area contributed by atoms with E-state index >= 15 is 0 Å². The Bertz CT molecular complexity index is 284. The predicted molar refractivity (Wildman–Crippen MR) is 47.3 cm³/mol. The van der Waals surface area contributed by atoms with E-state index in [4.69, 9.17) is 4.74 Å². The number of rotatable bonds is 1. The first-order valence-corrected chi connectivity index (χ1v) is 4.11. The molecule has 1 aromatic carbocycles. The molecule has 0 bridgehead atoms. The maximum absolute atomic E-state index is 5.38. The van der Waals surface area contributed by atoms with Gasteiger partial charge in [0.05, 0.1) is 6.61 Å². The van der Waals surface area contributed by atoms with Gasteiger partial charge in [0.25, 0.3) is 0 Å². The minimum atomic E-state index is 0. The van der Waals surface area contributed by atoms with Crippen LogP contribution in [0.3, 0.4) is 0 Å². The molecule has 0 N–H and O–H groups in total. The Morgan fingerprint density at radius 1 is 1.38 bits per heavy atom. The van der Waals surface area contributed by atoms with Gasteiger partial charge in [0.1, 0.15) is 5.90 Å². The second-order valence-corrected chi connectivity index (χ2v) is 2.67. The van der Waals surface area contributed by atoms with Crippen molar-refractivity contribution in [2.75, 3.05) is 13.2 Å². The zero-order valence-corrected chi connectivity index (χ0v) is 7.79. The molecule has 0 saturated carbocycles. The van der Waals surface area contributed by atoms with Gasteiger partial charge in [0.2, 0.25) is 0 Å². The second-order valence-electron chi connectivity index (χ2n) is 2.67. The molecule has 1 aromatic rings. The van der Waals surface area contributed by atoms with Crippen LogP contribution in [0.25, 0.3) is 0 Å². The van der Waals surface area contributed by atoms with Crippen molar-refractivity contribution in [2.45, 2.75) is 6.42 Å². The van der Waals surface area contributed by atoms with E-state index in [2.05, 4.69) is 11.1 Å². The molecule has 0 fully saturated rings. The summed E-state index contributed by atoms with van der Waals surface area (Å²) in [5, 5.41) is 0. The smallest absolute Gasteiger partial charge is 0.520 e. The van der Waals surface area contributed by atoms with Crippen molar-refractivity contribution >= 4 is 5.90 Å². The third kappa shape index (κ3) is 2.62. The fraction of sp³-hybridized carbons (Fsp3) is 0.300. The van der Waals surface area contributed by atoms with Crippen LogP contribution in [0.2, 0.25) is 0 Å². The predicted octanol–water partition coefficient (Wildman–Crippen LogP) is -1.34. The van der Waals surface area contributed by atoms with Crippen LogP contribution >= 0.6 is 0 Å². The van der Waals surface area contributed by atoms with E-state index in [0.717, 1.165) is 31.0 Å². The number of hydrogen-bond donors (Lipinski definition) is 0. The van der Waals surface area contributed by atoms with Crippen LogP contribution < -0.4 is 18.9 Å². The quantitative estimate of drug-likeness (QED) is 0.374. The third-order valence-corrected chi connectivity index (χ3v) is 1.74. The molecule has 62 valence electrons. The average molecular weight is 167 g/mol. The Labute approximate surface area is 90.2 Å². The molecule has 1 aliphatic heterocycles. The first kappa shape index (κ1) is 10.4. The Hall–Kier alpha value is -0.713. The number of benzene rings is 1. The molecule has 3 heteroatoms. The molecule has 0 atom stereocenters. The SMILES string of the molecule is [Li+].[c-]1ccccc1C1=NCCCO1. The van der Waals surface area contributed by atoms with Crippen molar-refractivity contribution in [1.29, 1.82) is 0 Å². The van der Waals surface area contributed by atoms with Gasteiger partial charge in [0.15, 0.2) is 0 Å². The van der Waals surface area contributed by atoms with E-state index < -0.39 is 0 Å². The van der Waals surface area contributed by atoms with Crippen molar-refractivity contribution in [1.82, 2.24) is 0 Å². The third-order valence-electron chi connectivity index (χ3n) is 1.74. The van der Waals surface area contributed by atoms with E-state index in [-0.39, 0.29) is 18.9 Å². The van der Waals surface area contributed by atoms with Gasteiger partial charge in [0, 0.05) is 6.54 Å². The van der Waals surface area contributed by atoms with Gasteiger partial charge in [-0.25, -0.2) is 0 Å². The van der Waals surface area contributed by atoms with Gasteiger partial charge in [-0.2, -0.15) is 0 Å². The van der Waals surface area contributed by atoms with Crippen molar-refractivity contribution in [2.24, 2.45) is 4.99 Å². The summed E-state index contributed by atoms with van der Waals surface area (Å²) < 4.78 is 5.38. The van der Waals surface area contributed by atoms with Crippen LogP contribution in [0.5, 0.6) is 0 Å². The zero-order chi connectivity index (χ0) is 8.23. The molecule has 0 radical (unpaired) electrons. The summed E-state index contributed by atoms with van der Waals surface area (Å²) >= 11 is 0. The van der Waals surface area contributed by atoms with E-state index in [1.54, 1.807) is 0 Å². The maximum atomic E-state index is 5.38. The minimum absolute atomic E-state index is 0. The van der Waals surface area contributed by atoms with Gasteiger partial charge in [-0.1, -0.05) is 5.56 Å². The summed E-state index contributed by atoms with van der Waals surface area (Å²) in [6.45, 7) is 1.65. The minimum Gasteiger partial charge on any atom is -0.520 e. The number of aliphatic imine (C=N–C) groups is 1. The van der Waals surface area contributed by atoms with E-state index in [1.165, 1.54) is 0 Å². The largest absolute Gasteiger partial charge is 1.00 e.